The van der Waals surface area contributed by atoms with Crippen LogP contribution in [0, 0.1) is 6.92 Å². The molecule has 21 heavy (non-hydrogen) atoms. The zero-order chi connectivity index (χ0) is 14.7. The van der Waals surface area contributed by atoms with E-state index < -0.39 is 0 Å². The van der Waals surface area contributed by atoms with E-state index in [1.807, 2.05) is 38.2 Å². The molecule has 1 N–H and O–H groups in total. The van der Waals surface area contributed by atoms with Gasteiger partial charge in [-0.1, -0.05) is 12.1 Å². The first-order valence-corrected chi connectivity index (χ1v) is 6.80. The first-order valence-electron chi connectivity index (χ1n) is 6.80. The molecule has 0 aliphatic carbocycles. The molecule has 108 valence electrons. The van der Waals surface area contributed by atoms with Gasteiger partial charge in [-0.2, -0.15) is 5.10 Å². The molecule has 0 saturated heterocycles. The molecule has 0 spiro atoms. The second-order valence-electron chi connectivity index (χ2n) is 4.82. The Morgan fingerprint density at radius 1 is 1.29 bits per heavy atom. The highest BCUT2D eigenvalue weighted by atomic mass is 16.5. The minimum Gasteiger partial charge on any atom is -0.492 e. The number of hydrogen-bond donors (Lipinski definition) is 1. The molecule has 0 unspecified atom stereocenters. The summed E-state index contributed by atoms with van der Waals surface area (Å²) < 4.78 is 7.43. The molecule has 0 aliphatic heterocycles. The summed E-state index contributed by atoms with van der Waals surface area (Å²) in [5.74, 6) is 1.66. The van der Waals surface area contributed by atoms with Gasteiger partial charge in [0.1, 0.15) is 24.5 Å². The predicted molar refractivity (Wildman–Crippen MR) is 81.5 cm³/mol. The molecule has 6 heteroatoms. The number of ether oxygens (including phenoxy) is 1. The van der Waals surface area contributed by atoms with Gasteiger partial charge in [0.15, 0.2) is 5.65 Å². The van der Waals surface area contributed by atoms with Gasteiger partial charge in [0.05, 0.1) is 18.1 Å². The molecule has 0 amide bonds. The van der Waals surface area contributed by atoms with Crippen LogP contribution in [-0.4, -0.2) is 32.9 Å². The van der Waals surface area contributed by atoms with Crippen molar-refractivity contribution in [2.24, 2.45) is 7.05 Å². The zero-order valence-electron chi connectivity index (χ0n) is 12.1. The van der Waals surface area contributed by atoms with Crippen LogP contribution in [0.25, 0.3) is 11.0 Å². The summed E-state index contributed by atoms with van der Waals surface area (Å²) in [7, 11) is 1.86. The predicted octanol–water partition coefficient (Wildman–Crippen LogP) is 2.16. The molecule has 3 rings (SSSR count). The van der Waals surface area contributed by atoms with Gasteiger partial charge in [-0.05, 0) is 24.6 Å². The molecule has 0 saturated carbocycles. The smallest absolute Gasteiger partial charge is 0.163 e. The van der Waals surface area contributed by atoms with Gasteiger partial charge in [0.25, 0.3) is 0 Å². The number of aromatic nitrogens is 4. The molecule has 2 aromatic heterocycles. The van der Waals surface area contributed by atoms with E-state index in [0.29, 0.717) is 13.2 Å². The topological polar surface area (TPSA) is 64.9 Å². The Hall–Kier alpha value is -2.63. The molecule has 0 radical (unpaired) electrons. The number of anilines is 1. The van der Waals surface area contributed by atoms with Crippen molar-refractivity contribution in [3.05, 3.63) is 42.4 Å². The number of nitrogens with one attached hydrogen (secondary N) is 1. The molecule has 0 bridgehead atoms. The van der Waals surface area contributed by atoms with Crippen LogP contribution in [0.3, 0.4) is 0 Å². The van der Waals surface area contributed by atoms with Crippen molar-refractivity contribution < 1.29 is 4.74 Å². The zero-order valence-corrected chi connectivity index (χ0v) is 12.1. The molecular formula is C15H17N5O. The number of fused-ring (bicyclic) bond motifs is 1. The van der Waals surface area contributed by atoms with E-state index in [-0.39, 0.29) is 0 Å². The summed E-state index contributed by atoms with van der Waals surface area (Å²) in [6.07, 6.45) is 3.30. The average molecular weight is 283 g/mol. The lowest BCUT2D eigenvalue weighted by Crippen LogP contribution is -2.12. The largest absolute Gasteiger partial charge is 0.492 e. The van der Waals surface area contributed by atoms with Gasteiger partial charge < -0.3 is 10.1 Å². The minimum absolute atomic E-state index is 0.565. The van der Waals surface area contributed by atoms with Gasteiger partial charge in [-0.15, -0.1) is 0 Å². The summed E-state index contributed by atoms with van der Waals surface area (Å²) in [5, 5.41) is 8.35. The van der Waals surface area contributed by atoms with Crippen LogP contribution in [-0.2, 0) is 7.05 Å². The number of benzene rings is 1. The summed E-state index contributed by atoms with van der Waals surface area (Å²) in [6.45, 7) is 3.27. The van der Waals surface area contributed by atoms with E-state index in [4.69, 9.17) is 4.74 Å². The molecule has 3 aromatic rings. The normalized spacial score (nSPS) is 10.8. The summed E-state index contributed by atoms with van der Waals surface area (Å²) in [4.78, 5) is 8.45. The Balaban J connectivity index is 1.60. The quantitative estimate of drug-likeness (QED) is 0.727. The highest BCUT2D eigenvalue weighted by molar-refractivity contribution is 5.85. The molecule has 2 heterocycles. The number of rotatable bonds is 5. The summed E-state index contributed by atoms with van der Waals surface area (Å²) in [5.41, 5.74) is 2.00. The van der Waals surface area contributed by atoms with Crippen molar-refractivity contribution in [2.75, 3.05) is 18.5 Å². The second-order valence-corrected chi connectivity index (χ2v) is 4.82. The third kappa shape index (κ3) is 2.94. The maximum atomic E-state index is 5.70. The summed E-state index contributed by atoms with van der Waals surface area (Å²) in [6, 6.07) is 8.01. The van der Waals surface area contributed by atoms with E-state index in [9.17, 15) is 0 Å². The van der Waals surface area contributed by atoms with E-state index in [1.54, 1.807) is 10.9 Å². The van der Waals surface area contributed by atoms with E-state index in [2.05, 4.69) is 20.4 Å². The van der Waals surface area contributed by atoms with E-state index in [1.165, 1.54) is 11.9 Å². The highest BCUT2D eigenvalue weighted by Gasteiger charge is 2.06. The SMILES string of the molecule is Cc1cccc(OCCNc2ncnc3c2cnn3C)c1. The minimum atomic E-state index is 0.565. The third-order valence-corrected chi connectivity index (χ3v) is 3.18. The van der Waals surface area contributed by atoms with Crippen molar-refractivity contribution >= 4 is 16.9 Å². The number of nitrogens with zero attached hydrogens (tertiary/aromatic N) is 4. The molecule has 0 aliphatic rings. The van der Waals surface area contributed by atoms with Crippen LogP contribution in [0.5, 0.6) is 5.75 Å². The number of hydrogen-bond acceptors (Lipinski definition) is 5. The van der Waals surface area contributed by atoms with Gasteiger partial charge >= 0.3 is 0 Å². The van der Waals surface area contributed by atoms with Gasteiger partial charge in [0.2, 0.25) is 0 Å². The van der Waals surface area contributed by atoms with Crippen molar-refractivity contribution in [1.82, 2.24) is 19.7 Å². The van der Waals surface area contributed by atoms with Crippen molar-refractivity contribution in [2.45, 2.75) is 6.92 Å². The Labute approximate surface area is 122 Å². The first-order chi connectivity index (χ1) is 10.2. The fourth-order valence-electron chi connectivity index (χ4n) is 2.15. The molecule has 0 fully saturated rings. The highest BCUT2D eigenvalue weighted by Crippen LogP contribution is 2.17. The Morgan fingerprint density at radius 2 is 2.19 bits per heavy atom. The first kappa shape index (κ1) is 13.4. The Bertz CT molecular complexity index is 753. The van der Waals surface area contributed by atoms with Crippen LogP contribution in [0.1, 0.15) is 5.56 Å². The Kier molecular flexibility index (Phi) is 3.68. The van der Waals surface area contributed by atoms with E-state index >= 15 is 0 Å². The fourth-order valence-corrected chi connectivity index (χ4v) is 2.15. The second kappa shape index (κ2) is 5.78. The van der Waals surface area contributed by atoms with Crippen LogP contribution in [0.15, 0.2) is 36.8 Å². The van der Waals surface area contributed by atoms with Crippen molar-refractivity contribution in [3.63, 3.8) is 0 Å². The number of aryl methyl sites for hydroxylation is 2. The van der Waals surface area contributed by atoms with Gasteiger partial charge in [-0.25, -0.2) is 9.97 Å². The lowest BCUT2D eigenvalue weighted by atomic mass is 10.2. The maximum Gasteiger partial charge on any atom is 0.163 e. The molecule has 0 atom stereocenters. The van der Waals surface area contributed by atoms with Gasteiger partial charge in [-0.3, -0.25) is 4.68 Å². The summed E-state index contributed by atoms with van der Waals surface area (Å²) >= 11 is 0. The fraction of sp³-hybridized carbons (Fsp3) is 0.267. The molecular weight excluding hydrogens is 266 g/mol. The lowest BCUT2D eigenvalue weighted by molar-refractivity contribution is 0.332. The lowest BCUT2D eigenvalue weighted by Gasteiger charge is -2.09. The molecule has 1 aromatic carbocycles. The maximum absolute atomic E-state index is 5.70. The van der Waals surface area contributed by atoms with Crippen LogP contribution in [0.2, 0.25) is 0 Å². The van der Waals surface area contributed by atoms with Gasteiger partial charge in [0, 0.05) is 7.05 Å². The third-order valence-electron chi connectivity index (χ3n) is 3.18. The monoisotopic (exact) mass is 283 g/mol. The molecule has 6 nitrogen and oxygen atoms in total. The van der Waals surface area contributed by atoms with Crippen molar-refractivity contribution in [3.8, 4) is 5.75 Å². The van der Waals surface area contributed by atoms with Crippen LogP contribution >= 0.6 is 0 Å². The standard InChI is InChI=1S/C15H17N5O/c1-11-4-3-5-12(8-11)21-7-6-16-14-13-9-19-20(2)15(13)18-10-17-14/h3-5,8-10H,6-7H2,1-2H3,(H,16,17,18). The Morgan fingerprint density at radius 3 is 3.05 bits per heavy atom. The van der Waals surface area contributed by atoms with E-state index in [0.717, 1.165) is 22.6 Å². The average Bonchev–Trinajstić information content (AvgIpc) is 2.86. The van der Waals surface area contributed by atoms with Crippen molar-refractivity contribution in [1.29, 1.82) is 0 Å². The van der Waals surface area contributed by atoms with Crippen LogP contribution < -0.4 is 10.1 Å². The van der Waals surface area contributed by atoms with Crippen LogP contribution in [0.4, 0.5) is 5.82 Å².